The SMILES string of the molecule is COc1cc2c(c(OC)c1Cl)C(=O)c1c(cc(OC)c(C(CC3(C)OCCO3)O[Si](C(C)C)(C(C)C)C(C)C)c1OC)C2=O. The lowest BCUT2D eigenvalue weighted by atomic mass is 9.80. The van der Waals surface area contributed by atoms with Crippen LogP contribution in [0.25, 0.3) is 0 Å². The number of hydrogen-bond acceptors (Lipinski definition) is 9. The lowest BCUT2D eigenvalue weighted by Gasteiger charge is -2.46. The topological polar surface area (TPSA) is 98.8 Å². The minimum absolute atomic E-state index is 0.0485. The highest BCUT2D eigenvalue weighted by Gasteiger charge is 2.50. The number of halogens is 1. The van der Waals surface area contributed by atoms with Crippen molar-refractivity contribution in [2.45, 2.75) is 83.4 Å². The molecule has 0 bridgehead atoms. The fourth-order valence-electron chi connectivity index (χ4n) is 7.23. The molecular formula is C33H45ClO9Si. The second kappa shape index (κ2) is 13.0. The molecule has 242 valence electrons. The van der Waals surface area contributed by atoms with E-state index in [4.69, 9.17) is 44.4 Å². The van der Waals surface area contributed by atoms with Gasteiger partial charge in [-0.1, -0.05) is 53.1 Å². The summed E-state index contributed by atoms with van der Waals surface area (Å²) in [7, 11) is 3.30. The Morgan fingerprint density at radius 2 is 1.25 bits per heavy atom. The van der Waals surface area contributed by atoms with Gasteiger partial charge < -0.3 is 32.8 Å². The van der Waals surface area contributed by atoms with Gasteiger partial charge in [-0.3, -0.25) is 9.59 Å². The van der Waals surface area contributed by atoms with Crippen LogP contribution in [0.3, 0.4) is 0 Å². The number of hydrogen-bond donors (Lipinski definition) is 0. The van der Waals surface area contributed by atoms with Crippen LogP contribution in [0, 0.1) is 0 Å². The monoisotopic (exact) mass is 648 g/mol. The molecule has 0 amide bonds. The van der Waals surface area contributed by atoms with Gasteiger partial charge in [0, 0.05) is 17.5 Å². The third-order valence-corrected chi connectivity index (χ3v) is 15.6. The van der Waals surface area contributed by atoms with E-state index >= 15 is 0 Å². The van der Waals surface area contributed by atoms with Crippen LogP contribution in [-0.4, -0.2) is 67.3 Å². The molecule has 2 aromatic rings. The van der Waals surface area contributed by atoms with Crippen molar-refractivity contribution in [2.75, 3.05) is 41.7 Å². The van der Waals surface area contributed by atoms with Crippen LogP contribution in [0.1, 0.15) is 98.4 Å². The molecule has 2 aromatic carbocycles. The van der Waals surface area contributed by atoms with E-state index < -0.39 is 31.8 Å². The van der Waals surface area contributed by atoms with Gasteiger partial charge in [0.25, 0.3) is 0 Å². The van der Waals surface area contributed by atoms with Gasteiger partial charge in [-0.15, -0.1) is 0 Å². The Kier molecular flexibility index (Phi) is 10.1. The van der Waals surface area contributed by atoms with Crippen molar-refractivity contribution in [3.63, 3.8) is 0 Å². The first-order valence-electron chi connectivity index (χ1n) is 15.0. The van der Waals surface area contributed by atoms with Gasteiger partial charge in [0.2, 0.25) is 14.1 Å². The van der Waals surface area contributed by atoms with Crippen LogP contribution in [0.15, 0.2) is 12.1 Å². The van der Waals surface area contributed by atoms with Crippen molar-refractivity contribution in [3.05, 3.63) is 45.0 Å². The largest absolute Gasteiger partial charge is 0.496 e. The number of benzene rings is 2. The summed E-state index contributed by atoms with van der Waals surface area (Å²) in [5, 5.41) is 0.0947. The predicted octanol–water partition coefficient (Wildman–Crippen LogP) is 7.54. The maximum Gasteiger partial charge on any atom is 0.202 e. The highest BCUT2D eigenvalue weighted by atomic mass is 35.5. The molecule has 1 aliphatic carbocycles. The molecule has 9 nitrogen and oxygen atoms in total. The first kappa shape index (κ1) is 34.2. The zero-order chi connectivity index (χ0) is 32.7. The van der Waals surface area contributed by atoms with E-state index in [1.807, 2.05) is 6.92 Å². The Labute approximate surface area is 266 Å². The van der Waals surface area contributed by atoms with E-state index in [1.54, 1.807) is 6.07 Å². The Bertz CT molecular complexity index is 1410. The summed E-state index contributed by atoms with van der Waals surface area (Å²) in [6.45, 7) is 16.0. The molecule has 1 heterocycles. The van der Waals surface area contributed by atoms with Crippen molar-refractivity contribution >= 4 is 31.5 Å². The summed E-state index contributed by atoms with van der Waals surface area (Å²) < 4.78 is 42.5. The number of rotatable bonds is 12. The number of methoxy groups -OCH3 is 4. The van der Waals surface area contributed by atoms with Crippen molar-refractivity contribution < 1.29 is 42.4 Å². The number of carbonyl (C=O) groups excluding carboxylic acids is 2. The van der Waals surface area contributed by atoms with Crippen molar-refractivity contribution in [1.82, 2.24) is 0 Å². The van der Waals surface area contributed by atoms with E-state index in [-0.39, 0.29) is 61.1 Å². The summed E-state index contributed by atoms with van der Waals surface area (Å²) in [6, 6.07) is 3.06. The molecule has 1 saturated heterocycles. The smallest absolute Gasteiger partial charge is 0.202 e. The van der Waals surface area contributed by atoms with Crippen LogP contribution in [0.4, 0.5) is 0 Å². The maximum atomic E-state index is 14.4. The van der Waals surface area contributed by atoms with Crippen LogP contribution in [0.2, 0.25) is 21.6 Å². The average molecular weight is 649 g/mol. The third-order valence-electron chi connectivity index (χ3n) is 9.09. The molecule has 0 saturated carbocycles. The normalized spacial score (nSPS) is 16.8. The summed E-state index contributed by atoms with van der Waals surface area (Å²) in [5.41, 5.74) is 1.71. The van der Waals surface area contributed by atoms with E-state index in [0.29, 0.717) is 30.9 Å². The Balaban J connectivity index is 2.04. The number of fused-ring (bicyclic) bond motifs is 2. The first-order chi connectivity index (χ1) is 20.7. The van der Waals surface area contributed by atoms with Gasteiger partial charge in [-0.25, -0.2) is 0 Å². The Morgan fingerprint density at radius 3 is 1.70 bits per heavy atom. The van der Waals surface area contributed by atoms with E-state index in [1.165, 1.54) is 34.5 Å². The molecule has 0 spiro atoms. The molecule has 1 fully saturated rings. The molecule has 0 aromatic heterocycles. The molecule has 0 N–H and O–H groups in total. The highest BCUT2D eigenvalue weighted by Crippen LogP contribution is 2.53. The average Bonchev–Trinajstić information content (AvgIpc) is 3.41. The molecule has 1 aliphatic heterocycles. The molecule has 0 radical (unpaired) electrons. The Hall–Kier alpha value is -2.63. The van der Waals surface area contributed by atoms with Crippen molar-refractivity contribution in [3.8, 4) is 23.0 Å². The molecular weight excluding hydrogens is 604 g/mol. The number of carbonyl (C=O) groups is 2. The molecule has 11 heteroatoms. The van der Waals surface area contributed by atoms with Crippen molar-refractivity contribution in [2.24, 2.45) is 0 Å². The lowest BCUT2D eigenvalue weighted by Crippen LogP contribution is -2.49. The summed E-state index contributed by atoms with van der Waals surface area (Å²) >= 11 is 6.55. The maximum absolute atomic E-state index is 14.4. The number of ether oxygens (including phenoxy) is 6. The second-order valence-corrected chi connectivity index (χ2v) is 18.2. The summed E-state index contributed by atoms with van der Waals surface area (Å²) in [6.07, 6.45) is -0.345. The lowest BCUT2D eigenvalue weighted by molar-refractivity contribution is -0.162. The van der Waals surface area contributed by atoms with Gasteiger partial charge in [0.05, 0.1) is 64.4 Å². The predicted molar refractivity (Wildman–Crippen MR) is 171 cm³/mol. The van der Waals surface area contributed by atoms with E-state index in [2.05, 4.69) is 41.5 Å². The molecule has 4 rings (SSSR count). The third kappa shape index (κ3) is 5.53. The first-order valence-corrected chi connectivity index (χ1v) is 17.5. The minimum atomic E-state index is -2.53. The van der Waals surface area contributed by atoms with Gasteiger partial charge in [0.1, 0.15) is 22.3 Å². The standard InChI is InChI=1S/C33H45ClO9Si/c1-17(2)44(18(3)4,19(5)6)43-24(16-33(7)41-12-13-42-33)27-22(37-8)14-20-25(31(27)39-10)30(36)26-21(29(20)35)15-23(38-9)28(34)32(26)40-11/h14-15,17-19,24H,12-13,16H2,1-11H3. The quantitative estimate of drug-likeness (QED) is 0.184. The van der Waals surface area contributed by atoms with Gasteiger partial charge in [0.15, 0.2) is 17.3 Å². The van der Waals surface area contributed by atoms with Gasteiger partial charge in [-0.2, -0.15) is 0 Å². The molecule has 2 aliphatic rings. The molecule has 44 heavy (non-hydrogen) atoms. The molecule has 1 atom stereocenters. The van der Waals surface area contributed by atoms with Crippen LogP contribution < -0.4 is 18.9 Å². The van der Waals surface area contributed by atoms with Crippen LogP contribution in [-0.2, 0) is 13.9 Å². The minimum Gasteiger partial charge on any atom is -0.496 e. The summed E-state index contributed by atoms with van der Waals surface area (Å²) in [4.78, 5) is 28.5. The highest BCUT2D eigenvalue weighted by molar-refractivity contribution is 6.77. The fraction of sp³-hybridized carbons (Fsp3) is 0.576. The zero-order valence-electron chi connectivity index (χ0n) is 27.6. The van der Waals surface area contributed by atoms with E-state index in [9.17, 15) is 9.59 Å². The Morgan fingerprint density at radius 1 is 0.773 bits per heavy atom. The van der Waals surface area contributed by atoms with Gasteiger partial charge >= 0.3 is 0 Å². The van der Waals surface area contributed by atoms with Crippen LogP contribution >= 0.6 is 11.6 Å². The van der Waals surface area contributed by atoms with Crippen molar-refractivity contribution in [1.29, 1.82) is 0 Å². The van der Waals surface area contributed by atoms with Crippen LogP contribution in [0.5, 0.6) is 23.0 Å². The van der Waals surface area contributed by atoms with Gasteiger partial charge in [-0.05, 0) is 35.7 Å². The summed E-state index contributed by atoms with van der Waals surface area (Å²) in [5.74, 6) is -0.974. The second-order valence-electron chi connectivity index (χ2n) is 12.4. The zero-order valence-corrected chi connectivity index (χ0v) is 29.4. The number of ketones is 2. The molecule has 1 unspecified atom stereocenters. The van der Waals surface area contributed by atoms with E-state index in [0.717, 1.165) is 0 Å². The fourth-order valence-corrected chi connectivity index (χ4v) is 13.0.